The van der Waals surface area contributed by atoms with Crippen LogP contribution in [0.15, 0.2) is 79.9 Å². The molecule has 0 radical (unpaired) electrons. The Balaban J connectivity index is 1.58. The Kier molecular flexibility index (Phi) is 8.73. The molecule has 0 saturated heterocycles. The summed E-state index contributed by atoms with van der Waals surface area (Å²) in [5, 5.41) is 2.94. The quantitative estimate of drug-likeness (QED) is 0.282. The third kappa shape index (κ3) is 7.03. The highest BCUT2D eigenvalue weighted by Gasteiger charge is 2.14. The average molecular weight is 416 g/mol. The molecule has 160 valence electrons. The molecule has 0 fully saturated rings. The van der Waals surface area contributed by atoms with E-state index in [-0.39, 0.29) is 5.91 Å². The fourth-order valence-corrected chi connectivity index (χ4v) is 3.28. The first-order valence-electron chi connectivity index (χ1n) is 10.8. The smallest absolute Gasteiger partial charge is 0.224 e. The molecule has 3 aromatic heterocycles. The lowest BCUT2D eigenvalue weighted by molar-refractivity contribution is -0.116. The van der Waals surface area contributed by atoms with Gasteiger partial charge in [-0.2, -0.15) is 0 Å². The summed E-state index contributed by atoms with van der Waals surface area (Å²) in [7, 11) is 0. The van der Waals surface area contributed by atoms with Gasteiger partial charge in [0, 0.05) is 25.0 Å². The van der Waals surface area contributed by atoms with E-state index < -0.39 is 0 Å². The van der Waals surface area contributed by atoms with Crippen molar-refractivity contribution in [3.63, 3.8) is 0 Å². The van der Waals surface area contributed by atoms with E-state index in [1.807, 2.05) is 53.4 Å². The summed E-state index contributed by atoms with van der Waals surface area (Å²) in [6.45, 7) is 3.74. The van der Waals surface area contributed by atoms with Crippen molar-refractivity contribution in [3.8, 4) is 0 Å². The highest BCUT2D eigenvalue weighted by atomic mass is 16.1. The van der Waals surface area contributed by atoms with Crippen LogP contribution in [0, 0.1) is 0 Å². The minimum absolute atomic E-state index is 0.0244. The first kappa shape index (κ1) is 22.2. The molecule has 31 heavy (non-hydrogen) atoms. The molecule has 0 aliphatic heterocycles. The second kappa shape index (κ2) is 12.2. The molecule has 3 rings (SSSR count). The summed E-state index contributed by atoms with van der Waals surface area (Å²) in [4.78, 5) is 27.3. The molecule has 0 aliphatic rings. The van der Waals surface area contributed by atoms with Gasteiger partial charge in [-0.05, 0) is 55.7 Å². The Bertz CT molecular complexity index is 890. The maximum absolute atomic E-state index is 12.2. The predicted octanol–water partition coefficient (Wildman–Crippen LogP) is 6.20. The number of nitrogens with one attached hydrogen (secondary N) is 1. The van der Waals surface area contributed by atoms with Gasteiger partial charge in [-0.3, -0.25) is 14.7 Å². The van der Waals surface area contributed by atoms with Gasteiger partial charge < -0.3 is 5.32 Å². The Morgan fingerprint density at radius 1 is 0.903 bits per heavy atom. The highest BCUT2D eigenvalue weighted by molar-refractivity contribution is 5.90. The van der Waals surface area contributed by atoms with Gasteiger partial charge >= 0.3 is 0 Å². The van der Waals surface area contributed by atoms with Crippen molar-refractivity contribution in [3.05, 3.63) is 79.9 Å². The van der Waals surface area contributed by atoms with Crippen LogP contribution in [-0.4, -0.2) is 20.9 Å². The number of rotatable bonds is 12. The van der Waals surface area contributed by atoms with Crippen molar-refractivity contribution in [2.24, 2.45) is 0 Å². The maximum atomic E-state index is 12.2. The second-order valence-corrected chi connectivity index (χ2v) is 7.28. The summed E-state index contributed by atoms with van der Waals surface area (Å²) in [6, 6.07) is 13.3. The van der Waals surface area contributed by atoms with Gasteiger partial charge in [-0.15, -0.1) is 6.58 Å². The van der Waals surface area contributed by atoms with Gasteiger partial charge in [0.05, 0.1) is 17.6 Å². The molecule has 6 heteroatoms. The summed E-state index contributed by atoms with van der Waals surface area (Å²) in [5.74, 6) is 1.49. The molecule has 0 aromatic carbocycles. The molecule has 3 aromatic rings. The van der Waals surface area contributed by atoms with Crippen LogP contribution in [-0.2, 0) is 4.79 Å². The van der Waals surface area contributed by atoms with Gasteiger partial charge in [-0.1, -0.05) is 31.4 Å². The Morgan fingerprint density at radius 3 is 2.39 bits per heavy atom. The number of aromatic nitrogens is 3. The molecule has 0 atom stereocenters. The lowest BCUT2D eigenvalue weighted by Gasteiger charge is -2.22. The number of carbonyl (C=O) groups excluding carboxylic acids is 1. The van der Waals surface area contributed by atoms with E-state index in [1.165, 1.54) is 12.8 Å². The van der Waals surface area contributed by atoms with E-state index in [9.17, 15) is 4.79 Å². The lowest BCUT2D eigenvalue weighted by atomic mass is 10.1. The normalized spacial score (nSPS) is 10.5. The molecular weight excluding hydrogens is 386 g/mol. The van der Waals surface area contributed by atoms with Gasteiger partial charge in [0.1, 0.15) is 11.6 Å². The number of amides is 1. The predicted molar refractivity (Wildman–Crippen MR) is 126 cm³/mol. The van der Waals surface area contributed by atoms with Gasteiger partial charge in [0.2, 0.25) is 5.91 Å². The van der Waals surface area contributed by atoms with Crippen LogP contribution >= 0.6 is 0 Å². The molecule has 1 amide bonds. The Labute approximate surface area is 184 Å². The second-order valence-electron chi connectivity index (χ2n) is 7.28. The van der Waals surface area contributed by atoms with Crippen molar-refractivity contribution in [1.82, 2.24) is 15.0 Å². The van der Waals surface area contributed by atoms with E-state index in [0.717, 1.165) is 37.2 Å². The number of allylic oxidation sites excluding steroid dienone is 1. The molecule has 0 aliphatic carbocycles. The number of hydrogen-bond donors (Lipinski definition) is 1. The summed E-state index contributed by atoms with van der Waals surface area (Å²) >= 11 is 0. The first-order valence-corrected chi connectivity index (χ1v) is 10.8. The molecule has 0 unspecified atom stereocenters. The van der Waals surface area contributed by atoms with Crippen molar-refractivity contribution in [1.29, 1.82) is 0 Å². The van der Waals surface area contributed by atoms with Crippen LogP contribution in [0.4, 0.5) is 23.0 Å². The maximum Gasteiger partial charge on any atom is 0.224 e. The standard InChI is InChI=1S/C25H29N5O/c1-2-3-4-5-6-7-8-12-25(31)29-21-13-14-24(28-20-21)30(22-15-18-26-19-16-22)23-11-9-10-17-27-23/h2,9-11,13-20H,1,3-8,12H2,(H,29,31). The van der Waals surface area contributed by atoms with E-state index in [2.05, 4.69) is 26.8 Å². The van der Waals surface area contributed by atoms with Gasteiger partial charge in [0.15, 0.2) is 0 Å². The molecule has 0 spiro atoms. The number of nitrogens with zero attached hydrogens (tertiary/aromatic N) is 4. The van der Waals surface area contributed by atoms with Crippen molar-refractivity contribution in [2.75, 3.05) is 10.2 Å². The topological polar surface area (TPSA) is 71.0 Å². The number of carbonyl (C=O) groups is 1. The highest BCUT2D eigenvalue weighted by Crippen LogP contribution is 2.31. The third-order valence-corrected chi connectivity index (χ3v) is 4.87. The van der Waals surface area contributed by atoms with Crippen LogP contribution < -0.4 is 10.2 Å². The van der Waals surface area contributed by atoms with E-state index in [4.69, 9.17) is 0 Å². The van der Waals surface area contributed by atoms with Crippen LogP contribution in [0.2, 0.25) is 0 Å². The average Bonchev–Trinajstić information content (AvgIpc) is 2.81. The van der Waals surface area contributed by atoms with E-state index in [1.54, 1.807) is 24.8 Å². The van der Waals surface area contributed by atoms with Crippen LogP contribution in [0.3, 0.4) is 0 Å². The summed E-state index contributed by atoms with van der Waals surface area (Å²) in [5.41, 5.74) is 1.60. The minimum Gasteiger partial charge on any atom is -0.325 e. The molecule has 1 N–H and O–H groups in total. The monoisotopic (exact) mass is 415 g/mol. The molecule has 0 bridgehead atoms. The van der Waals surface area contributed by atoms with Gasteiger partial charge in [0.25, 0.3) is 0 Å². The zero-order valence-electron chi connectivity index (χ0n) is 17.8. The Hall–Kier alpha value is -3.54. The summed E-state index contributed by atoms with van der Waals surface area (Å²) < 4.78 is 0. The number of hydrogen-bond acceptors (Lipinski definition) is 5. The molecular formula is C25H29N5O. The van der Waals surface area contributed by atoms with E-state index >= 15 is 0 Å². The number of anilines is 4. The first-order chi connectivity index (χ1) is 15.3. The van der Waals surface area contributed by atoms with Crippen LogP contribution in [0.5, 0.6) is 0 Å². The van der Waals surface area contributed by atoms with Crippen LogP contribution in [0.1, 0.15) is 44.9 Å². The lowest BCUT2D eigenvalue weighted by Crippen LogP contribution is -2.14. The summed E-state index contributed by atoms with van der Waals surface area (Å²) in [6.07, 6.45) is 16.0. The zero-order valence-corrected chi connectivity index (χ0v) is 17.8. The third-order valence-electron chi connectivity index (χ3n) is 4.87. The Morgan fingerprint density at radius 2 is 1.68 bits per heavy atom. The zero-order chi connectivity index (χ0) is 21.7. The minimum atomic E-state index is 0.0244. The van der Waals surface area contributed by atoms with E-state index in [0.29, 0.717) is 17.9 Å². The SMILES string of the molecule is C=CCCCCCCCC(=O)Nc1ccc(N(c2ccncc2)c2ccccn2)nc1. The van der Waals surface area contributed by atoms with Crippen LogP contribution in [0.25, 0.3) is 0 Å². The molecule has 6 nitrogen and oxygen atoms in total. The van der Waals surface area contributed by atoms with Crippen molar-refractivity contribution >= 4 is 28.9 Å². The van der Waals surface area contributed by atoms with Crippen molar-refractivity contribution in [2.45, 2.75) is 44.9 Å². The fraction of sp³-hybridized carbons (Fsp3) is 0.280. The molecule has 0 saturated carbocycles. The number of pyridine rings is 3. The molecule has 3 heterocycles. The fourth-order valence-electron chi connectivity index (χ4n) is 3.28. The number of unbranched alkanes of at least 4 members (excludes halogenated alkanes) is 5. The van der Waals surface area contributed by atoms with Crippen molar-refractivity contribution < 1.29 is 4.79 Å². The van der Waals surface area contributed by atoms with Gasteiger partial charge in [-0.25, -0.2) is 9.97 Å². The largest absolute Gasteiger partial charge is 0.325 e.